The largest absolute Gasteiger partial charge is 0.369 e. The van der Waals surface area contributed by atoms with Gasteiger partial charge >= 0.3 is 0 Å². The molecule has 0 aliphatic carbocycles. The van der Waals surface area contributed by atoms with Gasteiger partial charge in [0.25, 0.3) is 0 Å². The molecule has 0 radical (unpaired) electrons. The monoisotopic (exact) mass is 283 g/mol. The number of hydrogen-bond donors (Lipinski definition) is 1. The van der Waals surface area contributed by atoms with Crippen LogP contribution < -0.4 is 5.73 Å². The Kier molecular flexibility index (Phi) is 3.41. The lowest BCUT2D eigenvalue weighted by atomic mass is 10.1. The van der Waals surface area contributed by atoms with Crippen LogP contribution in [0.25, 0.3) is 11.2 Å². The van der Waals surface area contributed by atoms with E-state index in [1.165, 1.54) is 11.1 Å². The Labute approximate surface area is 124 Å². The maximum Gasteiger partial charge on any atom is 0.202 e. The smallest absolute Gasteiger partial charge is 0.202 e. The molecule has 2 heterocycles. The molecule has 0 saturated carbocycles. The van der Waals surface area contributed by atoms with Gasteiger partial charge in [0.05, 0.1) is 12.2 Å². The minimum atomic E-state index is 0.553. The molecular formula is C16H21N5. The number of nitrogens with zero attached hydrogens (tertiary/aromatic N) is 4. The van der Waals surface area contributed by atoms with Gasteiger partial charge in [-0.15, -0.1) is 0 Å². The first-order chi connectivity index (χ1) is 10.1. The second kappa shape index (κ2) is 5.24. The van der Waals surface area contributed by atoms with Crippen LogP contribution in [0.5, 0.6) is 0 Å². The molecule has 0 aliphatic rings. The number of benzene rings is 1. The molecule has 0 atom stereocenters. The van der Waals surface area contributed by atoms with Crippen LogP contribution in [-0.4, -0.2) is 19.3 Å². The normalized spacial score (nSPS) is 11.4. The van der Waals surface area contributed by atoms with E-state index in [1.54, 1.807) is 0 Å². The third-order valence-electron chi connectivity index (χ3n) is 3.73. The molecular weight excluding hydrogens is 262 g/mol. The summed E-state index contributed by atoms with van der Waals surface area (Å²) in [6, 6.07) is 8.46. The second-order valence-corrected chi connectivity index (χ2v) is 5.54. The van der Waals surface area contributed by atoms with E-state index >= 15 is 0 Å². The van der Waals surface area contributed by atoms with Crippen molar-refractivity contribution in [2.45, 2.75) is 33.2 Å². The molecule has 0 bridgehead atoms. The Balaban J connectivity index is 2.08. The van der Waals surface area contributed by atoms with Gasteiger partial charge in [0.2, 0.25) is 5.95 Å². The minimum Gasteiger partial charge on any atom is -0.369 e. The van der Waals surface area contributed by atoms with Gasteiger partial charge in [-0.3, -0.25) is 9.25 Å². The van der Waals surface area contributed by atoms with Crippen molar-refractivity contribution in [2.75, 3.05) is 5.73 Å². The Morgan fingerprint density at radius 3 is 2.81 bits per heavy atom. The van der Waals surface area contributed by atoms with E-state index in [2.05, 4.69) is 48.2 Å². The highest BCUT2D eigenvalue weighted by molar-refractivity contribution is 5.78. The van der Waals surface area contributed by atoms with Crippen molar-refractivity contribution in [3.8, 4) is 0 Å². The maximum atomic E-state index is 6.13. The summed E-state index contributed by atoms with van der Waals surface area (Å²) in [4.78, 5) is 4.53. The van der Waals surface area contributed by atoms with E-state index in [-0.39, 0.29) is 0 Å². The molecule has 5 heteroatoms. The van der Waals surface area contributed by atoms with Gasteiger partial charge < -0.3 is 5.73 Å². The van der Waals surface area contributed by atoms with Crippen LogP contribution >= 0.6 is 0 Å². The number of nitrogen functional groups attached to an aromatic ring is 1. The summed E-state index contributed by atoms with van der Waals surface area (Å²) in [5, 5.41) is 4.58. The van der Waals surface area contributed by atoms with E-state index in [9.17, 15) is 0 Å². The van der Waals surface area contributed by atoms with E-state index in [4.69, 9.17) is 5.73 Å². The van der Waals surface area contributed by atoms with Gasteiger partial charge in [-0.2, -0.15) is 5.10 Å². The topological polar surface area (TPSA) is 61.7 Å². The average Bonchev–Trinajstić information content (AvgIpc) is 2.90. The van der Waals surface area contributed by atoms with Crippen molar-refractivity contribution in [2.24, 2.45) is 7.05 Å². The van der Waals surface area contributed by atoms with Crippen molar-refractivity contribution in [1.29, 1.82) is 0 Å². The number of imidazole rings is 1. The fourth-order valence-electron chi connectivity index (χ4n) is 2.81. The van der Waals surface area contributed by atoms with E-state index in [0.29, 0.717) is 5.95 Å². The minimum absolute atomic E-state index is 0.553. The van der Waals surface area contributed by atoms with Crippen LogP contribution in [0.4, 0.5) is 5.95 Å². The molecule has 21 heavy (non-hydrogen) atoms. The zero-order valence-corrected chi connectivity index (χ0v) is 12.8. The molecule has 0 spiro atoms. The van der Waals surface area contributed by atoms with Crippen molar-refractivity contribution >= 4 is 17.1 Å². The van der Waals surface area contributed by atoms with Crippen LogP contribution in [0.15, 0.2) is 24.3 Å². The van der Waals surface area contributed by atoms with Crippen LogP contribution in [0.3, 0.4) is 0 Å². The molecule has 1 aromatic carbocycles. The van der Waals surface area contributed by atoms with Gasteiger partial charge in [0, 0.05) is 7.05 Å². The number of aromatic nitrogens is 4. The summed E-state index contributed by atoms with van der Waals surface area (Å²) < 4.78 is 3.93. The third-order valence-corrected chi connectivity index (χ3v) is 3.73. The Hall–Kier alpha value is -2.30. The summed E-state index contributed by atoms with van der Waals surface area (Å²) >= 11 is 0. The molecule has 110 valence electrons. The van der Waals surface area contributed by atoms with Crippen molar-refractivity contribution in [3.05, 3.63) is 41.1 Å². The van der Waals surface area contributed by atoms with Gasteiger partial charge in [0.1, 0.15) is 5.52 Å². The molecule has 0 fully saturated rings. The lowest BCUT2D eigenvalue weighted by Crippen LogP contribution is -2.08. The fraction of sp³-hybridized carbons (Fsp3) is 0.375. The number of fused-ring (bicyclic) bond motifs is 1. The number of anilines is 1. The Morgan fingerprint density at radius 2 is 2.10 bits per heavy atom. The Bertz CT molecular complexity index is 781. The predicted molar refractivity (Wildman–Crippen MR) is 85.2 cm³/mol. The van der Waals surface area contributed by atoms with Crippen molar-refractivity contribution < 1.29 is 0 Å². The first-order valence-electron chi connectivity index (χ1n) is 7.33. The summed E-state index contributed by atoms with van der Waals surface area (Å²) in [5.41, 5.74) is 11.6. The number of aryl methyl sites for hydroxylation is 3. The second-order valence-electron chi connectivity index (χ2n) is 5.54. The SMILES string of the molecule is CCCc1nn(C)c2c1nc(N)n2Cc1cccc(C)c1. The number of rotatable bonds is 4. The molecule has 0 saturated heterocycles. The van der Waals surface area contributed by atoms with E-state index < -0.39 is 0 Å². The first-order valence-corrected chi connectivity index (χ1v) is 7.33. The van der Waals surface area contributed by atoms with Gasteiger partial charge in [-0.1, -0.05) is 43.2 Å². The van der Waals surface area contributed by atoms with Gasteiger partial charge in [0.15, 0.2) is 5.65 Å². The van der Waals surface area contributed by atoms with Gasteiger partial charge in [-0.25, -0.2) is 4.98 Å². The average molecular weight is 283 g/mol. The molecule has 2 aromatic heterocycles. The molecule has 3 rings (SSSR count). The zero-order valence-electron chi connectivity index (χ0n) is 12.8. The molecule has 5 nitrogen and oxygen atoms in total. The molecule has 0 unspecified atom stereocenters. The lowest BCUT2D eigenvalue weighted by molar-refractivity contribution is 0.711. The molecule has 2 N–H and O–H groups in total. The fourth-order valence-corrected chi connectivity index (χ4v) is 2.81. The lowest BCUT2D eigenvalue weighted by Gasteiger charge is -2.07. The predicted octanol–water partition coefficient (Wildman–Crippen LogP) is 2.66. The number of nitrogens with two attached hydrogens (primary N) is 1. The first kappa shape index (κ1) is 13.7. The summed E-state index contributed by atoms with van der Waals surface area (Å²) in [7, 11) is 1.95. The molecule has 0 aliphatic heterocycles. The standard InChI is InChI=1S/C16H21N5/c1-4-6-13-14-15(20(3)19-13)21(16(17)18-14)10-12-8-5-7-11(2)9-12/h5,7-9H,4,6,10H2,1-3H3,(H2,17,18). The highest BCUT2D eigenvalue weighted by Crippen LogP contribution is 2.23. The number of hydrogen-bond acceptors (Lipinski definition) is 3. The maximum absolute atomic E-state index is 6.13. The van der Waals surface area contributed by atoms with Crippen LogP contribution in [0.2, 0.25) is 0 Å². The third kappa shape index (κ3) is 2.39. The highest BCUT2D eigenvalue weighted by atomic mass is 15.3. The van der Waals surface area contributed by atoms with E-state index in [1.807, 2.05) is 16.3 Å². The summed E-state index contributed by atoms with van der Waals surface area (Å²) in [5.74, 6) is 0.553. The quantitative estimate of drug-likeness (QED) is 0.800. The van der Waals surface area contributed by atoms with E-state index in [0.717, 1.165) is 36.2 Å². The van der Waals surface area contributed by atoms with Crippen molar-refractivity contribution in [1.82, 2.24) is 19.3 Å². The van der Waals surface area contributed by atoms with Gasteiger partial charge in [-0.05, 0) is 18.9 Å². The molecule has 0 amide bonds. The van der Waals surface area contributed by atoms with Crippen LogP contribution in [-0.2, 0) is 20.0 Å². The molecule has 3 aromatic rings. The Morgan fingerprint density at radius 1 is 1.29 bits per heavy atom. The zero-order chi connectivity index (χ0) is 15.0. The highest BCUT2D eigenvalue weighted by Gasteiger charge is 2.17. The summed E-state index contributed by atoms with van der Waals surface area (Å²) in [6.07, 6.45) is 1.98. The van der Waals surface area contributed by atoms with Crippen LogP contribution in [0, 0.1) is 6.92 Å². The summed E-state index contributed by atoms with van der Waals surface area (Å²) in [6.45, 7) is 4.96. The van der Waals surface area contributed by atoms with Crippen LogP contribution in [0.1, 0.15) is 30.2 Å². The van der Waals surface area contributed by atoms with Crippen molar-refractivity contribution in [3.63, 3.8) is 0 Å².